The van der Waals surface area contributed by atoms with Crippen molar-refractivity contribution >= 4 is 11.9 Å². The lowest BCUT2D eigenvalue weighted by atomic mass is 9.83. The summed E-state index contributed by atoms with van der Waals surface area (Å²) in [5.74, 6) is -1.98. The van der Waals surface area contributed by atoms with Crippen LogP contribution >= 0.6 is 0 Å². The topological polar surface area (TPSA) is 86.6 Å². The fourth-order valence-electron chi connectivity index (χ4n) is 1.87. The molecule has 5 heteroatoms. The van der Waals surface area contributed by atoms with Crippen molar-refractivity contribution in [2.75, 3.05) is 0 Å². The zero-order chi connectivity index (χ0) is 10.7. The Labute approximate surface area is 82.1 Å². The molecule has 5 nitrogen and oxygen atoms in total. The van der Waals surface area contributed by atoms with Crippen LogP contribution in [0.1, 0.15) is 26.2 Å². The van der Waals surface area contributed by atoms with Gasteiger partial charge in [0.05, 0.1) is 18.1 Å². The van der Waals surface area contributed by atoms with Crippen molar-refractivity contribution in [1.29, 1.82) is 0 Å². The minimum atomic E-state index is -0.993. The summed E-state index contributed by atoms with van der Waals surface area (Å²) in [5, 5.41) is 21.0. The van der Waals surface area contributed by atoms with Crippen LogP contribution in [0, 0.1) is 5.92 Å². The van der Waals surface area contributed by atoms with Gasteiger partial charge in [-0.3, -0.25) is 9.59 Å². The normalized spacial score (nSPS) is 32.3. The van der Waals surface area contributed by atoms with E-state index in [0.29, 0.717) is 12.8 Å². The number of hydrogen-bond acceptors (Lipinski definition) is 3. The fourth-order valence-corrected chi connectivity index (χ4v) is 1.87. The Kier molecular flexibility index (Phi) is 3.46. The summed E-state index contributed by atoms with van der Waals surface area (Å²) >= 11 is 0. The van der Waals surface area contributed by atoms with Crippen molar-refractivity contribution in [3.8, 4) is 0 Å². The number of carboxylic acid groups (broad SMARTS) is 1. The minimum absolute atomic E-state index is 0.236. The molecule has 1 fully saturated rings. The molecule has 14 heavy (non-hydrogen) atoms. The maximum absolute atomic E-state index is 10.8. The summed E-state index contributed by atoms with van der Waals surface area (Å²) in [6, 6.07) is -0.414. The Hall–Kier alpha value is -1.10. The summed E-state index contributed by atoms with van der Waals surface area (Å²) in [6.07, 6.45) is 0.876. The number of carboxylic acids is 1. The predicted molar refractivity (Wildman–Crippen MR) is 48.6 cm³/mol. The highest BCUT2D eigenvalue weighted by Crippen LogP contribution is 2.25. The second kappa shape index (κ2) is 4.41. The molecule has 0 bridgehead atoms. The van der Waals surface area contributed by atoms with Crippen LogP contribution in [0.25, 0.3) is 0 Å². The van der Waals surface area contributed by atoms with Crippen molar-refractivity contribution in [2.45, 2.75) is 38.3 Å². The van der Waals surface area contributed by atoms with Gasteiger partial charge in [-0.2, -0.15) is 0 Å². The van der Waals surface area contributed by atoms with E-state index in [9.17, 15) is 14.7 Å². The molecule has 0 spiro atoms. The Morgan fingerprint density at radius 2 is 2.00 bits per heavy atom. The van der Waals surface area contributed by atoms with E-state index < -0.39 is 24.0 Å². The Morgan fingerprint density at radius 3 is 2.50 bits per heavy atom. The van der Waals surface area contributed by atoms with Crippen LogP contribution in [0.5, 0.6) is 0 Å². The quantitative estimate of drug-likeness (QED) is 0.574. The molecule has 0 aromatic carbocycles. The van der Waals surface area contributed by atoms with Gasteiger partial charge in [0.1, 0.15) is 0 Å². The number of carbonyl (C=O) groups is 2. The van der Waals surface area contributed by atoms with Crippen LogP contribution in [-0.2, 0) is 9.59 Å². The molecule has 0 aliphatic heterocycles. The molecule has 1 aliphatic carbocycles. The monoisotopic (exact) mass is 201 g/mol. The van der Waals surface area contributed by atoms with Crippen LogP contribution in [0.15, 0.2) is 0 Å². The van der Waals surface area contributed by atoms with E-state index >= 15 is 0 Å². The van der Waals surface area contributed by atoms with Crippen LogP contribution in [0.3, 0.4) is 0 Å². The summed E-state index contributed by atoms with van der Waals surface area (Å²) in [7, 11) is 0. The summed E-state index contributed by atoms with van der Waals surface area (Å²) in [4.78, 5) is 21.5. The van der Waals surface area contributed by atoms with Crippen LogP contribution < -0.4 is 5.32 Å². The van der Waals surface area contributed by atoms with E-state index in [1.165, 1.54) is 6.92 Å². The minimum Gasteiger partial charge on any atom is -0.481 e. The first-order valence-electron chi connectivity index (χ1n) is 4.70. The first-order valence-corrected chi connectivity index (χ1v) is 4.70. The number of aliphatic hydroxyl groups excluding tert-OH is 1. The van der Waals surface area contributed by atoms with Gasteiger partial charge in [-0.1, -0.05) is 6.42 Å². The van der Waals surface area contributed by atoms with Crippen molar-refractivity contribution < 1.29 is 19.8 Å². The second-order valence-electron chi connectivity index (χ2n) is 3.67. The van der Waals surface area contributed by atoms with Gasteiger partial charge in [-0.25, -0.2) is 0 Å². The first kappa shape index (κ1) is 11.0. The molecular formula is C9H15NO4. The van der Waals surface area contributed by atoms with Gasteiger partial charge in [0, 0.05) is 6.92 Å². The zero-order valence-corrected chi connectivity index (χ0v) is 8.06. The Bertz CT molecular complexity index is 241. The lowest BCUT2D eigenvalue weighted by Crippen LogP contribution is -2.50. The second-order valence-corrected chi connectivity index (χ2v) is 3.67. The standard InChI is InChI=1S/C9H15NO4/c1-5(11)10-7-4-2-3-6(8(7)12)9(13)14/h6-8,12H,2-4H2,1H3,(H,10,11)(H,13,14)/t6-,7+,8-/m1/s1. The van der Waals surface area contributed by atoms with Crippen LogP contribution in [-0.4, -0.2) is 34.2 Å². The molecule has 3 atom stereocenters. The SMILES string of the molecule is CC(=O)N[C@H]1CCC[C@@H](C(=O)O)[C@H]1O. The zero-order valence-electron chi connectivity index (χ0n) is 8.06. The third-order valence-electron chi connectivity index (χ3n) is 2.56. The molecule has 1 amide bonds. The van der Waals surface area contributed by atoms with Crippen molar-refractivity contribution in [1.82, 2.24) is 5.32 Å². The van der Waals surface area contributed by atoms with Gasteiger partial charge < -0.3 is 15.5 Å². The van der Waals surface area contributed by atoms with Gasteiger partial charge in [-0.15, -0.1) is 0 Å². The van der Waals surface area contributed by atoms with Gasteiger partial charge >= 0.3 is 5.97 Å². The molecule has 1 saturated carbocycles. The third kappa shape index (κ3) is 2.45. The molecule has 1 aliphatic rings. The van der Waals surface area contributed by atoms with Gasteiger partial charge in [0.2, 0.25) is 5.91 Å². The average Bonchev–Trinajstić information content (AvgIpc) is 2.07. The largest absolute Gasteiger partial charge is 0.481 e. The lowest BCUT2D eigenvalue weighted by molar-refractivity contribution is -0.149. The molecule has 0 saturated heterocycles. The van der Waals surface area contributed by atoms with Crippen molar-refractivity contribution in [3.63, 3.8) is 0 Å². The van der Waals surface area contributed by atoms with Crippen molar-refractivity contribution in [3.05, 3.63) is 0 Å². The number of hydrogen-bond donors (Lipinski definition) is 3. The van der Waals surface area contributed by atoms with E-state index in [4.69, 9.17) is 5.11 Å². The predicted octanol–water partition coefficient (Wildman–Crippen LogP) is -0.263. The Morgan fingerprint density at radius 1 is 1.36 bits per heavy atom. The molecule has 3 N–H and O–H groups in total. The molecular weight excluding hydrogens is 186 g/mol. The van der Waals surface area contributed by atoms with E-state index in [1.807, 2.05) is 0 Å². The summed E-state index contributed by atoms with van der Waals surface area (Å²) < 4.78 is 0. The van der Waals surface area contributed by atoms with Gasteiger partial charge in [0.15, 0.2) is 0 Å². The molecule has 0 heterocycles. The van der Waals surface area contributed by atoms with E-state index in [-0.39, 0.29) is 5.91 Å². The lowest BCUT2D eigenvalue weighted by Gasteiger charge is -2.32. The highest BCUT2D eigenvalue weighted by Gasteiger charge is 2.36. The number of aliphatic carboxylic acids is 1. The summed E-state index contributed by atoms with van der Waals surface area (Å²) in [6.45, 7) is 1.36. The number of nitrogens with one attached hydrogen (secondary N) is 1. The van der Waals surface area contributed by atoms with E-state index in [2.05, 4.69) is 5.32 Å². The smallest absolute Gasteiger partial charge is 0.309 e. The third-order valence-corrected chi connectivity index (χ3v) is 2.56. The van der Waals surface area contributed by atoms with Gasteiger partial charge in [-0.05, 0) is 12.8 Å². The fraction of sp³-hybridized carbons (Fsp3) is 0.778. The maximum Gasteiger partial charge on any atom is 0.309 e. The number of aliphatic hydroxyl groups is 1. The highest BCUT2D eigenvalue weighted by atomic mass is 16.4. The molecule has 0 aromatic heterocycles. The highest BCUT2D eigenvalue weighted by molar-refractivity contribution is 5.74. The molecule has 0 unspecified atom stereocenters. The van der Waals surface area contributed by atoms with E-state index in [0.717, 1.165) is 6.42 Å². The van der Waals surface area contributed by atoms with Crippen molar-refractivity contribution in [2.24, 2.45) is 5.92 Å². The Balaban J connectivity index is 2.61. The molecule has 0 aromatic rings. The number of rotatable bonds is 2. The molecule has 80 valence electrons. The van der Waals surface area contributed by atoms with Crippen LogP contribution in [0.2, 0.25) is 0 Å². The van der Waals surface area contributed by atoms with E-state index in [1.54, 1.807) is 0 Å². The van der Waals surface area contributed by atoms with Crippen LogP contribution in [0.4, 0.5) is 0 Å². The average molecular weight is 201 g/mol. The molecule has 1 rings (SSSR count). The molecule has 0 radical (unpaired) electrons. The maximum atomic E-state index is 10.8. The summed E-state index contributed by atoms with van der Waals surface area (Å²) in [5.41, 5.74) is 0. The first-order chi connectivity index (χ1) is 6.52. The number of carbonyl (C=O) groups excluding carboxylic acids is 1. The van der Waals surface area contributed by atoms with Gasteiger partial charge in [0.25, 0.3) is 0 Å². The number of amides is 1.